The highest BCUT2D eigenvalue weighted by molar-refractivity contribution is 7.80. The largest absolute Gasteiger partial charge is 0.381 e. The number of rotatable bonds is 6. The first-order valence-electron chi connectivity index (χ1n) is 14.9. The second kappa shape index (κ2) is 12.7. The van der Waals surface area contributed by atoms with Gasteiger partial charge in [0.15, 0.2) is 5.11 Å². The smallest absolute Gasteiger partial charge is 0.232 e. The first-order valence-corrected chi connectivity index (χ1v) is 15.3. The fourth-order valence-electron chi connectivity index (χ4n) is 6.32. The van der Waals surface area contributed by atoms with E-state index in [0.29, 0.717) is 30.8 Å². The molecule has 2 aromatic carbocycles. The minimum absolute atomic E-state index is 0.182. The van der Waals surface area contributed by atoms with E-state index in [1.165, 1.54) is 48.9 Å². The van der Waals surface area contributed by atoms with Crippen molar-refractivity contribution in [1.82, 2.24) is 15.3 Å². The lowest BCUT2D eigenvalue weighted by molar-refractivity contribution is 0.0515. The summed E-state index contributed by atoms with van der Waals surface area (Å²) < 4.78 is 19.3. The fraction of sp³-hybridized carbons (Fsp3) is 0.469. The van der Waals surface area contributed by atoms with Crippen molar-refractivity contribution in [2.75, 3.05) is 54.5 Å². The molecule has 1 aromatic heterocycles. The first kappa shape index (κ1) is 27.8. The molecule has 7 nitrogen and oxygen atoms in total. The van der Waals surface area contributed by atoms with Crippen LogP contribution in [0.2, 0.25) is 0 Å². The van der Waals surface area contributed by atoms with Gasteiger partial charge in [0, 0.05) is 57.4 Å². The minimum atomic E-state index is -0.226. The molecule has 2 N–H and O–H groups in total. The predicted octanol–water partition coefficient (Wildman–Crippen LogP) is 5.59. The van der Waals surface area contributed by atoms with Crippen molar-refractivity contribution >= 4 is 34.9 Å². The average Bonchev–Trinajstić information content (AvgIpc) is 3.30. The molecule has 2 saturated heterocycles. The molecule has 216 valence electrons. The van der Waals surface area contributed by atoms with Gasteiger partial charge < -0.3 is 25.2 Å². The minimum Gasteiger partial charge on any atom is -0.381 e. The van der Waals surface area contributed by atoms with Crippen LogP contribution in [0.3, 0.4) is 0 Å². The van der Waals surface area contributed by atoms with Gasteiger partial charge in [0.2, 0.25) is 5.95 Å². The Bertz CT molecular complexity index is 1340. The number of nitrogens with one attached hydrogen (secondary N) is 2. The number of hydrogen-bond acceptors (Lipinski definition) is 6. The Kier molecular flexibility index (Phi) is 8.62. The van der Waals surface area contributed by atoms with E-state index >= 15 is 0 Å². The summed E-state index contributed by atoms with van der Waals surface area (Å²) in [5.74, 6) is 2.16. The number of ether oxygens (including phenoxy) is 1. The third-order valence-corrected chi connectivity index (χ3v) is 9.05. The highest BCUT2D eigenvalue weighted by Crippen LogP contribution is 2.34. The number of nitrogens with zero attached hydrogens (tertiary/aromatic N) is 4. The maximum absolute atomic E-state index is 13.7. The summed E-state index contributed by atoms with van der Waals surface area (Å²) in [5, 5.41) is 7.23. The molecule has 0 unspecified atom stereocenters. The van der Waals surface area contributed by atoms with Crippen molar-refractivity contribution < 1.29 is 9.13 Å². The molecule has 4 heterocycles. The van der Waals surface area contributed by atoms with E-state index in [0.717, 1.165) is 62.6 Å². The van der Waals surface area contributed by atoms with Crippen LogP contribution in [0, 0.1) is 5.82 Å². The van der Waals surface area contributed by atoms with Gasteiger partial charge in [-0.3, -0.25) is 0 Å². The van der Waals surface area contributed by atoms with Crippen LogP contribution in [0.25, 0.3) is 0 Å². The van der Waals surface area contributed by atoms with Crippen molar-refractivity contribution in [3.8, 4) is 0 Å². The fourth-order valence-corrected chi connectivity index (χ4v) is 6.48. The Hall–Kier alpha value is -3.30. The van der Waals surface area contributed by atoms with E-state index in [1.807, 2.05) is 12.1 Å². The number of anilines is 3. The van der Waals surface area contributed by atoms with Gasteiger partial charge in [-0.2, -0.15) is 9.97 Å². The zero-order valence-corrected chi connectivity index (χ0v) is 24.4. The van der Waals surface area contributed by atoms with E-state index in [9.17, 15) is 4.39 Å². The third kappa shape index (κ3) is 6.62. The maximum Gasteiger partial charge on any atom is 0.232 e. The van der Waals surface area contributed by atoms with Crippen molar-refractivity contribution in [2.24, 2.45) is 0 Å². The van der Waals surface area contributed by atoms with Crippen LogP contribution >= 0.6 is 12.2 Å². The molecule has 0 bridgehead atoms. The molecular weight excluding hydrogens is 535 g/mol. The molecular formula is C32H39FN6OS. The molecule has 3 aliphatic heterocycles. The Balaban J connectivity index is 1.21. The Morgan fingerprint density at radius 1 is 0.878 bits per heavy atom. The van der Waals surface area contributed by atoms with E-state index in [1.54, 1.807) is 0 Å². The lowest BCUT2D eigenvalue weighted by atomic mass is 9.74. The van der Waals surface area contributed by atoms with E-state index in [2.05, 4.69) is 50.8 Å². The Morgan fingerprint density at radius 3 is 2.29 bits per heavy atom. The van der Waals surface area contributed by atoms with Crippen LogP contribution < -0.4 is 20.4 Å². The van der Waals surface area contributed by atoms with Crippen LogP contribution in [-0.4, -0.2) is 54.5 Å². The van der Waals surface area contributed by atoms with Crippen LogP contribution in [0.15, 0.2) is 54.6 Å². The van der Waals surface area contributed by atoms with Gasteiger partial charge in [-0.1, -0.05) is 49.2 Å². The van der Waals surface area contributed by atoms with Crippen LogP contribution in [0.4, 0.5) is 22.0 Å². The van der Waals surface area contributed by atoms with Gasteiger partial charge in [0.05, 0.1) is 0 Å². The van der Waals surface area contributed by atoms with Crippen LogP contribution in [0.1, 0.15) is 55.2 Å². The quantitative estimate of drug-likeness (QED) is 0.370. The van der Waals surface area contributed by atoms with Gasteiger partial charge in [-0.05, 0) is 73.1 Å². The van der Waals surface area contributed by atoms with Crippen molar-refractivity contribution in [1.29, 1.82) is 0 Å². The number of thiocarbonyl (C=S) groups is 1. The van der Waals surface area contributed by atoms with Crippen LogP contribution in [0.5, 0.6) is 0 Å². The van der Waals surface area contributed by atoms with E-state index in [4.69, 9.17) is 26.9 Å². The first-order chi connectivity index (χ1) is 20.1. The third-order valence-electron chi connectivity index (χ3n) is 8.80. The normalized spacial score (nSPS) is 18.8. The SMILES string of the molecule is Fc1ccc(C2(CNC(=S)Nc3nc(N4CCCCCC4)cc(N4CCc5ccccc5C4)n3)CCOCC2)cc1. The average molecular weight is 575 g/mol. The molecule has 6 rings (SSSR count). The molecule has 0 spiro atoms. The predicted molar refractivity (Wildman–Crippen MR) is 166 cm³/mol. The molecule has 0 aliphatic carbocycles. The Labute approximate surface area is 247 Å². The number of benzene rings is 2. The summed E-state index contributed by atoms with van der Waals surface area (Å²) in [4.78, 5) is 14.6. The summed E-state index contributed by atoms with van der Waals surface area (Å²) in [6, 6.07) is 17.6. The number of hydrogen-bond donors (Lipinski definition) is 2. The Morgan fingerprint density at radius 2 is 1.56 bits per heavy atom. The summed E-state index contributed by atoms with van der Waals surface area (Å²) in [5.41, 5.74) is 3.68. The topological polar surface area (TPSA) is 65.6 Å². The highest BCUT2D eigenvalue weighted by Gasteiger charge is 2.34. The number of fused-ring (bicyclic) bond motifs is 1. The molecule has 0 radical (unpaired) electrons. The molecule has 3 aromatic rings. The molecule has 2 fully saturated rings. The number of aromatic nitrogens is 2. The zero-order valence-electron chi connectivity index (χ0n) is 23.6. The van der Waals surface area contributed by atoms with Gasteiger partial charge in [-0.25, -0.2) is 4.39 Å². The molecule has 0 atom stereocenters. The monoisotopic (exact) mass is 574 g/mol. The molecule has 3 aliphatic rings. The van der Waals surface area contributed by atoms with Gasteiger partial charge >= 0.3 is 0 Å². The second-order valence-corrected chi connectivity index (χ2v) is 11.9. The molecule has 0 saturated carbocycles. The second-order valence-electron chi connectivity index (χ2n) is 11.5. The summed E-state index contributed by atoms with van der Waals surface area (Å²) in [6.45, 7) is 5.71. The van der Waals surface area contributed by atoms with Crippen molar-refractivity contribution in [3.63, 3.8) is 0 Å². The summed E-state index contributed by atoms with van der Waals surface area (Å²) >= 11 is 5.78. The van der Waals surface area contributed by atoms with E-state index < -0.39 is 0 Å². The van der Waals surface area contributed by atoms with Gasteiger partial charge in [0.1, 0.15) is 17.5 Å². The lowest BCUT2D eigenvalue weighted by Gasteiger charge is -2.38. The van der Waals surface area contributed by atoms with E-state index in [-0.39, 0.29) is 11.2 Å². The van der Waals surface area contributed by atoms with Crippen molar-refractivity contribution in [3.05, 3.63) is 77.1 Å². The molecule has 9 heteroatoms. The molecule has 0 amide bonds. The highest BCUT2D eigenvalue weighted by atomic mass is 32.1. The summed E-state index contributed by atoms with van der Waals surface area (Å²) in [7, 11) is 0. The summed E-state index contributed by atoms with van der Waals surface area (Å²) in [6.07, 6.45) is 7.56. The van der Waals surface area contributed by atoms with Crippen molar-refractivity contribution in [2.45, 2.75) is 56.9 Å². The number of halogens is 1. The lowest BCUT2D eigenvalue weighted by Crippen LogP contribution is -2.45. The van der Waals surface area contributed by atoms with Gasteiger partial charge in [-0.15, -0.1) is 0 Å². The van der Waals surface area contributed by atoms with Crippen LogP contribution in [-0.2, 0) is 23.1 Å². The zero-order chi connectivity index (χ0) is 28.1. The molecule has 41 heavy (non-hydrogen) atoms. The van der Waals surface area contributed by atoms with Gasteiger partial charge in [0.25, 0.3) is 0 Å². The standard InChI is InChI=1S/C32H39FN6OS/c33-27-11-9-26(10-12-27)32(14-19-40-20-15-32)23-34-31(41)37-30-35-28(38-16-5-1-2-6-17-38)21-29(36-30)39-18-13-24-7-3-4-8-25(24)22-39/h3-4,7-12,21H,1-2,5-6,13-20,22-23H2,(H2,34,35,36,37,41). The maximum atomic E-state index is 13.7.